The summed E-state index contributed by atoms with van der Waals surface area (Å²) >= 11 is 0. The highest BCUT2D eigenvalue weighted by atomic mass is 32.2. The van der Waals surface area contributed by atoms with E-state index in [-0.39, 0.29) is 30.3 Å². The van der Waals surface area contributed by atoms with Gasteiger partial charge in [0, 0.05) is 0 Å². The van der Waals surface area contributed by atoms with Gasteiger partial charge in [0.25, 0.3) is 0 Å². The molecule has 4 rings (SSSR count). The molecule has 5 nitrogen and oxygen atoms in total. The summed E-state index contributed by atoms with van der Waals surface area (Å²) in [6.45, 7) is 2.63. The number of alkyl halides is 2. The third-order valence-electron chi connectivity index (χ3n) is 6.68. The molecule has 2 N–H and O–H groups in total. The first kappa shape index (κ1) is 18.5. The molecular formula is C16H26F2O5S. The molecule has 4 aliphatic rings. The first-order chi connectivity index (χ1) is 11.0. The van der Waals surface area contributed by atoms with Gasteiger partial charge in [-0.1, -0.05) is 13.8 Å². The molecule has 4 saturated carbocycles. The minimum atomic E-state index is -5.47. The summed E-state index contributed by atoms with van der Waals surface area (Å²) in [5, 5.41) is 6.99. The molecule has 0 radical (unpaired) electrons. The predicted octanol–water partition coefficient (Wildman–Crippen LogP) is 2.55. The molecule has 0 aliphatic heterocycles. The maximum absolute atomic E-state index is 13.3. The fraction of sp³-hybridized carbons (Fsp3) is 1.00. The Morgan fingerprint density at radius 3 is 2.50 bits per heavy atom. The van der Waals surface area contributed by atoms with Crippen LogP contribution in [0, 0.1) is 35.5 Å². The molecule has 4 fully saturated rings. The summed E-state index contributed by atoms with van der Waals surface area (Å²) in [6.07, 6.45) is 3.83. The van der Waals surface area contributed by atoms with Crippen molar-refractivity contribution in [2.75, 3.05) is 13.2 Å². The molecule has 0 amide bonds. The van der Waals surface area contributed by atoms with Gasteiger partial charge in [-0.2, -0.15) is 17.2 Å². The highest BCUT2D eigenvalue weighted by Crippen LogP contribution is 2.62. The average molecular weight is 368 g/mol. The van der Waals surface area contributed by atoms with Crippen LogP contribution in [0.2, 0.25) is 0 Å². The molecule has 0 saturated heterocycles. The Hall–Kier alpha value is -0.310. The second-order valence-corrected chi connectivity index (χ2v) is 9.75. The van der Waals surface area contributed by atoms with Crippen LogP contribution in [0.15, 0.2) is 0 Å². The van der Waals surface area contributed by atoms with Crippen molar-refractivity contribution in [1.82, 2.24) is 0 Å². The van der Waals surface area contributed by atoms with Crippen LogP contribution in [0.4, 0.5) is 8.78 Å². The van der Waals surface area contributed by atoms with Gasteiger partial charge in [-0.05, 0) is 61.2 Å². The van der Waals surface area contributed by atoms with E-state index in [2.05, 4.69) is 0 Å². The molecule has 24 heavy (non-hydrogen) atoms. The zero-order valence-electron chi connectivity index (χ0n) is 14.0. The summed E-state index contributed by atoms with van der Waals surface area (Å²) in [5.74, 6) is 1.24. The van der Waals surface area contributed by atoms with Gasteiger partial charge < -0.3 is 9.84 Å². The van der Waals surface area contributed by atoms with E-state index in [1.807, 2.05) is 13.8 Å². The maximum Gasteiger partial charge on any atom is 0.392 e. The van der Waals surface area contributed by atoms with Gasteiger partial charge in [0.05, 0.1) is 12.2 Å². The molecule has 6 unspecified atom stereocenters. The van der Waals surface area contributed by atoms with E-state index in [1.165, 1.54) is 0 Å². The molecule has 140 valence electrons. The zero-order chi connectivity index (χ0) is 17.9. The minimum Gasteiger partial charge on any atom is -0.389 e. The van der Waals surface area contributed by atoms with Crippen LogP contribution >= 0.6 is 0 Å². The SMILES string of the molecule is CC(C)C1(O)C2CC3CC(C2)C(COCC(F)(F)S(=O)(=O)O)C1C3. The molecule has 6 atom stereocenters. The van der Waals surface area contributed by atoms with Gasteiger partial charge in [0.2, 0.25) is 0 Å². The van der Waals surface area contributed by atoms with Crippen LogP contribution in [-0.4, -0.2) is 42.1 Å². The minimum absolute atomic E-state index is 0.00505. The van der Waals surface area contributed by atoms with Crippen molar-refractivity contribution in [2.45, 2.75) is 50.4 Å². The molecular weight excluding hydrogens is 342 g/mol. The van der Waals surface area contributed by atoms with Crippen LogP contribution < -0.4 is 0 Å². The number of rotatable bonds is 6. The standard InChI is InChI=1S/C16H26F2O5S/c1-9(2)16(19)12-4-10-3-11(6-12)13(14(16)5-10)7-23-8-15(17,18)24(20,21)22/h9-14,19H,3-8H2,1-2H3,(H,20,21,22). The third-order valence-corrected chi connectivity index (χ3v) is 7.55. The lowest BCUT2D eigenvalue weighted by Crippen LogP contribution is -2.64. The summed E-state index contributed by atoms with van der Waals surface area (Å²) in [6, 6.07) is 0. The van der Waals surface area contributed by atoms with E-state index in [0.29, 0.717) is 11.8 Å². The van der Waals surface area contributed by atoms with Crippen molar-refractivity contribution >= 4 is 10.1 Å². The average Bonchev–Trinajstić information content (AvgIpc) is 2.45. The molecule has 0 heterocycles. The van der Waals surface area contributed by atoms with Crippen LogP contribution in [0.1, 0.15) is 39.5 Å². The van der Waals surface area contributed by atoms with Crippen LogP contribution in [0.5, 0.6) is 0 Å². The van der Waals surface area contributed by atoms with E-state index < -0.39 is 27.6 Å². The van der Waals surface area contributed by atoms with Gasteiger partial charge in [0.15, 0.2) is 0 Å². The second kappa shape index (κ2) is 5.86. The van der Waals surface area contributed by atoms with Gasteiger partial charge in [-0.3, -0.25) is 4.55 Å². The van der Waals surface area contributed by atoms with Crippen molar-refractivity contribution in [2.24, 2.45) is 35.5 Å². The topological polar surface area (TPSA) is 83.8 Å². The van der Waals surface area contributed by atoms with E-state index in [4.69, 9.17) is 9.29 Å². The molecule has 0 aromatic heterocycles. The van der Waals surface area contributed by atoms with Crippen molar-refractivity contribution in [1.29, 1.82) is 0 Å². The lowest BCUT2D eigenvalue weighted by Gasteiger charge is -2.63. The summed E-state index contributed by atoms with van der Waals surface area (Å²) in [5.41, 5.74) is -0.799. The second-order valence-electron chi connectivity index (χ2n) is 8.21. The van der Waals surface area contributed by atoms with Crippen molar-refractivity contribution in [3.63, 3.8) is 0 Å². The van der Waals surface area contributed by atoms with Crippen LogP contribution in [0.25, 0.3) is 0 Å². The first-order valence-electron chi connectivity index (χ1n) is 8.61. The van der Waals surface area contributed by atoms with E-state index in [1.54, 1.807) is 0 Å². The molecule has 0 aromatic rings. The Balaban J connectivity index is 1.70. The predicted molar refractivity (Wildman–Crippen MR) is 83.0 cm³/mol. The Morgan fingerprint density at radius 1 is 1.25 bits per heavy atom. The molecule has 0 aromatic carbocycles. The van der Waals surface area contributed by atoms with Crippen molar-refractivity contribution in [3.05, 3.63) is 0 Å². The van der Waals surface area contributed by atoms with Gasteiger partial charge in [-0.25, -0.2) is 0 Å². The Morgan fingerprint density at radius 2 is 1.92 bits per heavy atom. The number of hydrogen-bond donors (Lipinski definition) is 2. The smallest absolute Gasteiger partial charge is 0.389 e. The fourth-order valence-corrected chi connectivity index (χ4v) is 5.87. The zero-order valence-corrected chi connectivity index (χ0v) is 14.8. The molecule has 0 spiro atoms. The number of halogens is 2. The lowest BCUT2D eigenvalue weighted by molar-refractivity contribution is -0.230. The van der Waals surface area contributed by atoms with Crippen molar-refractivity contribution < 1.29 is 31.6 Å². The van der Waals surface area contributed by atoms with E-state index in [9.17, 15) is 22.3 Å². The maximum atomic E-state index is 13.3. The first-order valence-corrected chi connectivity index (χ1v) is 10.1. The van der Waals surface area contributed by atoms with Gasteiger partial charge in [0.1, 0.15) is 6.61 Å². The quantitative estimate of drug-likeness (QED) is 0.704. The van der Waals surface area contributed by atoms with E-state index in [0.717, 1.165) is 25.7 Å². The number of hydrogen-bond acceptors (Lipinski definition) is 4. The molecule has 4 aliphatic carbocycles. The number of ether oxygens (including phenoxy) is 1. The lowest BCUT2D eigenvalue weighted by atomic mass is 9.44. The number of aliphatic hydroxyl groups is 1. The highest BCUT2D eigenvalue weighted by molar-refractivity contribution is 7.86. The summed E-state index contributed by atoms with van der Waals surface area (Å²) in [4.78, 5) is 0. The largest absolute Gasteiger partial charge is 0.392 e. The Labute approximate surface area is 141 Å². The third kappa shape index (κ3) is 2.79. The van der Waals surface area contributed by atoms with Gasteiger partial charge in [-0.15, -0.1) is 0 Å². The Bertz CT molecular complexity index is 593. The summed E-state index contributed by atoms with van der Waals surface area (Å²) in [7, 11) is -5.47. The molecule has 8 heteroatoms. The van der Waals surface area contributed by atoms with E-state index >= 15 is 0 Å². The summed E-state index contributed by atoms with van der Waals surface area (Å²) < 4.78 is 61.5. The normalized spacial score (nSPS) is 42.0. The fourth-order valence-electron chi connectivity index (χ4n) is 5.64. The monoisotopic (exact) mass is 368 g/mol. The Kier molecular flexibility index (Phi) is 4.51. The van der Waals surface area contributed by atoms with Crippen LogP contribution in [0.3, 0.4) is 0 Å². The van der Waals surface area contributed by atoms with Gasteiger partial charge >= 0.3 is 15.4 Å². The molecule has 4 bridgehead atoms. The highest BCUT2D eigenvalue weighted by Gasteiger charge is 2.61. The van der Waals surface area contributed by atoms with Crippen molar-refractivity contribution in [3.8, 4) is 0 Å². The van der Waals surface area contributed by atoms with Crippen LogP contribution in [-0.2, 0) is 14.9 Å².